The van der Waals surface area contributed by atoms with Gasteiger partial charge in [0.05, 0.1) is 6.61 Å². The summed E-state index contributed by atoms with van der Waals surface area (Å²) in [6.07, 6.45) is 4.70. The smallest absolute Gasteiger partial charge is 0.0610 e. The van der Waals surface area contributed by atoms with Crippen LogP contribution >= 0.6 is 0 Å². The molecular formula is C14H32N2O. The van der Waals surface area contributed by atoms with Crippen molar-refractivity contribution in [2.45, 2.75) is 65.0 Å². The van der Waals surface area contributed by atoms with Crippen LogP contribution in [0.1, 0.15) is 53.4 Å². The van der Waals surface area contributed by atoms with E-state index in [0.29, 0.717) is 6.04 Å². The number of rotatable bonds is 10. The number of nitrogens with one attached hydrogen (secondary N) is 1. The highest BCUT2D eigenvalue weighted by Crippen LogP contribution is 2.13. The van der Waals surface area contributed by atoms with Crippen LogP contribution in [0.2, 0.25) is 0 Å². The van der Waals surface area contributed by atoms with E-state index in [0.717, 1.165) is 19.4 Å². The van der Waals surface area contributed by atoms with Crippen LogP contribution in [0.3, 0.4) is 0 Å². The molecule has 0 spiro atoms. The van der Waals surface area contributed by atoms with Crippen LogP contribution in [0.25, 0.3) is 0 Å². The molecule has 0 fully saturated rings. The van der Waals surface area contributed by atoms with E-state index in [1.807, 2.05) is 0 Å². The highest BCUT2D eigenvalue weighted by Gasteiger charge is 2.23. The average molecular weight is 244 g/mol. The van der Waals surface area contributed by atoms with Crippen molar-refractivity contribution in [1.29, 1.82) is 0 Å². The van der Waals surface area contributed by atoms with E-state index in [1.165, 1.54) is 19.4 Å². The van der Waals surface area contributed by atoms with Gasteiger partial charge in [-0.15, -0.1) is 0 Å². The highest BCUT2D eigenvalue weighted by atomic mass is 16.3. The Morgan fingerprint density at radius 3 is 2.29 bits per heavy atom. The fourth-order valence-electron chi connectivity index (χ4n) is 2.17. The molecule has 0 heterocycles. The van der Waals surface area contributed by atoms with Gasteiger partial charge in [0.1, 0.15) is 0 Å². The lowest BCUT2D eigenvalue weighted by molar-refractivity contribution is 0.150. The van der Waals surface area contributed by atoms with E-state index in [2.05, 4.69) is 45.0 Å². The van der Waals surface area contributed by atoms with Gasteiger partial charge in [-0.2, -0.15) is 0 Å². The number of hydrogen-bond donors (Lipinski definition) is 2. The summed E-state index contributed by atoms with van der Waals surface area (Å²) >= 11 is 0. The normalized spacial score (nSPS) is 15.5. The number of aliphatic hydroxyl groups excluding tert-OH is 1. The average Bonchev–Trinajstić information content (AvgIpc) is 2.25. The van der Waals surface area contributed by atoms with E-state index in [9.17, 15) is 5.11 Å². The molecule has 0 radical (unpaired) electrons. The highest BCUT2D eigenvalue weighted by molar-refractivity contribution is 4.83. The third-order valence-electron chi connectivity index (χ3n) is 3.15. The Kier molecular flexibility index (Phi) is 8.83. The molecule has 0 aliphatic rings. The van der Waals surface area contributed by atoms with Crippen LogP contribution < -0.4 is 5.32 Å². The summed E-state index contributed by atoms with van der Waals surface area (Å²) in [6, 6.07) is 0.421. The van der Waals surface area contributed by atoms with E-state index >= 15 is 0 Å². The van der Waals surface area contributed by atoms with Crippen LogP contribution in [0, 0.1) is 0 Å². The Balaban J connectivity index is 3.82. The molecule has 0 amide bonds. The van der Waals surface area contributed by atoms with Crippen molar-refractivity contribution in [3.8, 4) is 0 Å². The van der Waals surface area contributed by atoms with Crippen molar-refractivity contribution in [3.05, 3.63) is 0 Å². The van der Waals surface area contributed by atoms with Crippen molar-refractivity contribution in [3.63, 3.8) is 0 Å². The van der Waals surface area contributed by atoms with Crippen molar-refractivity contribution in [1.82, 2.24) is 10.2 Å². The lowest BCUT2D eigenvalue weighted by atomic mass is 9.95. The maximum Gasteiger partial charge on any atom is 0.0610 e. The number of unbranched alkanes of at least 4 members (excludes halogenated alkanes) is 1. The summed E-state index contributed by atoms with van der Waals surface area (Å²) in [5.74, 6) is 0. The Bertz CT molecular complexity index is 185. The minimum Gasteiger partial charge on any atom is -0.394 e. The van der Waals surface area contributed by atoms with Gasteiger partial charge in [0.2, 0.25) is 0 Å². The molecule has 2 N–H and O–H groups in total. The first kappa shape index (κ1) is 16.9. The minimum atomic E-state index is -0.125. The minimum absolute atomic E-state index is 0.125. The zero-order valence-corrected chi connectivity index (χ0v) is 12.4. The second-order valence-electron chi connectivity index (χ2n) is 5.78. The zero-order chi connectivity index (χ0) is 13.3. The lowest BCUT2D eigenvalue weighted by Crippen LogP contribution is -2.49. The SMILES string of the molecule is CCCCN(C)CCCC(C)(CO)NC(C)C. The largest absolute Gasteiger partial charge is 0.394 e. The molecule has 0 saturated carbocycles. The molecular weight excluding hydrogens is 212 g/mol. The van der Waals surface area contributed by atoms with Gasteiger partial charge >= 0.3 is 0 Å². The molecule has 0 rings (SSSR count). The summed E-state index contributed by atoms with van der Waals surface area (Å²) in [4.78, 5) is 2.39. The second-order valence-corrected chi connectivity index (χ2v) is 5.78. The summed E-state index contributed by atoms with van der Waals surface area (Å²) in [7, 11) is 2.18. The third kappa shape index (κ3) is 8.58. The lowest BCUT2D eigenvalue weighted by Gasteiger charge is -2.32. The van der Waals surface area contributed by atoms with Crippen LogP contribution in [0.15, 0.2) is 0 Å². The van der Waals surface area contributed by atoms with Crippen molar-refractivity contribution >= 4 is 0 Å². The second kappa shape index (κ2) is 8.90. The van der Waals surface area contributed by atoms with Crippen molar-refractivity contribution < 1.29 is 5.11 Å². The van der Waals surface area contributed by atoms with Gasteiger partial charge in [0, 0.05) is 11.6 Å². The molecule has 0 aromatic heterocycles. The van der Waals surface area contributed by atoms with Gasteiger partial charge in [0.15, 0.2) is 0 Å². The van der Waals surface area contributed by atoms with E-state index < -0.39 is 0 Å². The predicted octanol–water partition coefficient (Wildman–Crippen LogP) is 2.25. The standard InChI is InChI=1S/C14H32N2O/c1-6-7-10-16(5)11-8-9-14(4,12-17)15-13(2)3/h13,15,17H,6-12H2,1-5H3. The molecule has 3 nitrogen and oxygen atoms in total. The molecule has 104 valence electrons. The number of hydrogen-bond acceptors (Lipinski definition) is 3. The molecule has 0 saturated heterocycles. The topological polar surface area (TPSA) is 35.5 Å². The molecule has 0 aliphatic carbocycles. The first-order chi connectivity index (χ1) is 7.93. The number of nitrogens with zero attached hydrogens (tertiary/aromatic N) is 1. The van der Waals surface area contributed by atoms with Crippen LogP contribution in [-0.2, 0) is 0 Å². The fraction of sp³-hybridized carbons (Fsp3) is 1.00. The first-order valence-corrected chi connectivity index (χ1v) is 7.00. The quantitative estimate of drug-likeness (QED) is 0.619. The summed E-state index contributed by atoms with van der Waals surface area (Å²) in [6.45, 7) is 11.1. The molecule has 17 heavy (non-hydrogen) atoms. The van der Waals surface area contributed by atoms with Crippen LogP contribution in [-0.4, -0.2) is 48.3 Å². The van der Waals surface area contributed by atoms with Gasteiger partial charge in [-0.25, -0.2) is 0 Å². The van der Waals surface area contributed by atoms with Gasteiger partial charge in [-0.3, -0.25) is 0 Å². The molecule has 1 atom stereocenters. The van der Waals surface area contributed by atoms with Gasteiger partial charge in [-0.1, -0.05) is 27.2 Å². The monoisotopic (exact) mass is 244 g/mol. The predicted molar refractivity (Wildman–Crippen MR) is 75.4 cm³/mol. The van der Waals surface area contributed by atoms with Gasteiger partial charge < -0.3 is 15.3 Å². The molecule has 1 unspecified atom stereocenters. The van der Waals surface area contributed by atoms with Crippen molar-refractivity contribution in [2.75, 3.05) is 26.7 Å². The zero-order valence-electron chi connectivity index (χ0n) is 12.4. The molecule has 3 heteroatoms. The third-order valence-corrected chi connectivity index (χ3v) is 3.15. The Morgan fingerprint density at radius 1 is 1.24 bits per heavy atom. The first-order valence-electron chi connectivity index (χ1n) is 7.00. The molecule has 0 aromatic carbocycles. The maximum atomic E-state index is 9.46. The molecule has 0 bridgehead atoms. The molecule has 0 aliphatic heterocycles. The summed E-state index contributed by atoms with van der Waals surface area (Å²) < 4.78 is 0. The van der Waals surface area contributed by atoms with Gasteiger partial charge in [-0.05, 0) is 46.3 Å². The molecule has 0 aromatic rings. The van der Waals surface area contributed by atoms with E-state index in [-0.39, 0.29) is 12.1 Å². The van der Waals surface area contributed by atoms with E-state index in [4.69, 9.17) is 0 Å². The van der Waals surface area contributed by atoms with E-state index in [1.54, 1.807) is 0 Å². The summed E-state index contributed by atoms with van der Waals surface area (Å²) in [5.41, 5.74) is -0.125. The Labute approximate surface area is 108 Å². The Morgan fingerprint density at radius 2 is 1.82 bits per heavy atom. The maximum absolute atomic E-state index is 9.46. The van der Waals surface area contributed by atoms with Crippen molar-refractivity contribution in [2.24, 2.45) is 0 Å². The van der Waals surface area contributed by atoms with Gasteiger partial charge in [0.25, 0.3) is 0 Å². The summed E-state index contributed by atoms with van der Waals surface area (Å²) in [5, 5.41) is 12.9. The Hall–Kier alpha value is -0.120. The van der Waals surface area contributed by atoms with Crippen LogP contribution in [0.5, 0.6) is 0 Å². The number of aliphatic hydroxyl groups is 1. The van der Waals surface area contributed by atoms with Crippen LogP contribution in [0.4, 0.5) is 0 Å². The fourth-order valence-corrected chi connectivity index (χ4v) is 2.17.